The second kappa shape index (κ2) is 8.43. The first kappa shape index (κ1) is 19.7. The molecule has 1 aromatic heterocycles. The lowest BCUT2D eigenvalue weighted by atomic mass is 10.1. The van der Waals surface area contributed by atoms with E-state index in [1.165, 1.54) is 11.1 Å². The molecule has 148 valence electrons. The molecule has 0 unspecified atom stereocenters. The first-order valence-electron chi connectivity index (χ1n) is 9.31. The maximum Gasteiger partial charge on any atom is 0.265 e. The SMILES string of the molecule is Cc1ccccc1CSC1=NCCN1C(=O)c1c(-c2ccccc2Cl)noc1C. The highest BCUT2D eigenvalue weighted by Gasteiger charge is 2.31. The third-order valence-corrected chi connectivity index (χ3v) is 6.26. The quantitative estimate of drug-likeness (QED) is 0.564. The van der Waals surface area contributed by atoms with Crippen molar-refractivity contribution in [2.75, 3.05) is 13.1 Å². The summed E-state index contributed by atoms with van der Waals surface area (Å²) in [7, 11) is 0. The van der Waals surface area contributed by atoms with Gasteiger partial charge < -0.3 is 4.52 Å². The summed E-state index contributed by atoms with van der Waals surface area (Å²) < 4.78 is 5.36. The van der Waals surface area contributed by atoms with Gasteiger partial charge in [0.05, 0.1) is 11.6 Å². The number of benzene rings is 2. The average Bonchev–Trinajstić information content (AvgIpc) is 3.34. The molecule has 0 saturated carbocycles. The summed E-state index contributed by atoms with van der Waals surface area (Å²) in [4.78, 5) is 19.7. The maximum atomic E-state index is 13.4. The average molecular weight is 426 g/mol. The number of aromatic nitrogens is 1. The van der Waals surface area contributed by atoms with Crippen LogP contribution >= 0.6 is 23.4 Å². The number of aliphatic imine (C=N–C) groups is 1. The topological polar surface area (TPSA) is 58.7 Å². The van der Waals surface area contributed by atoms with Crippen LogP contribution in [0.3, 0.4) is 0 Å². The Morgan fingerprint density at radius 1 is 1.17 bits per heavy atom. The molecule has 1 aliphatic rings. The van der Waals surface area contributed by atoms with Crippen LogP contribution in [0.15, 0.2) is 58.0 Å². The molecule has 0 aliphatic carbocycles. The number of rotatable bonds is 4. The minimum atomic E-state index is -0.160. The van der Waals surface area contributed by atoms with Gasteiger partial charge in [-0.15, -0.1) is 0 Å². The lowest BCUT2D eigenvalue weighted by molar-refractivity contribution is 0.0859. The van der Waals surface area contributed by atoms with Crippen molar-refractivity contribution in [2.45, 2.75) is 19.6 Å². The molecular formula is C22H20ClN3O2S. The highest BCUT2D eigenvalue weighted by atomic mass is 35.5. The zero-order valence-corrected chi connectivity index (χ0v) is 17.8. The molecule has 0 spiro atoms. The number of carbonyl (C=O) groups excluding carboxylic acids is 1. The third-order valence-electron chi connectivity index (χ3n) is 4.87. The van der Waals surface area contributed by atoms with Gasteiger partial charge in [0, 0.05) is 17.9 Å². The number of nitrogens with zero attached hydrogens (tertiary/aromatic N) is 3. The summed E-state index contributed by atoms with van der Waals surface area (Å²) in [6.45, 7) is 4.97. The lowest BCUT2D eigenvalue weighted by Gasteiger charge is -2.18. The van der Waals surface area contributed by atoms with Gasteiger partial charge in [0.25, 0.3) is 5.91 Å². The van der Waals surface area contributed by atoms with Crippen molar-refractivity contribution in [1.29, 1.82) is 0 Å². The number of aryl methyl sites for hydroxylation is 2. The fourth-order valence-corrected chi connectivity index (χ4v) is 4.60. The van der Waals surface area contributed by atoms with Crippen molar-refractivity contribution >= 4 is 34.4 Å². The van der Waals surface area contributed by atoms with Crippen LogP contribution in [0.25, 0.3) is 11.3 Å². The van der Waals surface area contributed by atoms with E-state index in [-0.39, 0.29) is 5.91 Å². The van der Waals surface area contributed by atoms with Crippen LogP contribution in [-0.4, -0.2) is 34.2 Å². The van der Waals surface area contributed by atoms with Crippen LogP contribution in [0.4, 0.5) is 0 Å². The highest BCUT2D eigenvalue weighted by Crippen LogP contribution is 2.33. The van der Waals surface area contributed by atoms with Crippen molar-refractivity contribution in [3.8, 4) is 11.3 Å². The van der Waals surface area contributed by atoms with E-state index in [1.807, 2.05) is 30.3 Å². The van der Waals surface area contributed by atoms with Gasteiger partial charge in [-0.25, -0.2) is 0 Å². The van der Waals surface area contributed by atoms with Crippen LogP contribution < -0.4 is 0 Å². The molecule has 0 N–H and O–H groups in total. The molecule has 2 heterocycles. The zero-order valence-electron chi connectivity index (χ0n) is 16.2. The number of amidine groups is 1. The van der Waals surface area contributed by atoms with E-state index in [4.69, 9.17) is 16.1 Å². The molecule has 0 atom stereocenters. The number of hydrogen-bond acceptors (Lipinski definition) is 5. The van der Waals surface area contributed by atoms with Crippen molar-refractivity contribution in [1.82, 2.24) is 10.1 Å². The summed E-state index contributed by atoms with van der Waals surface area (Å²) in [6.07, 6.45) is 0. The minimum Gasteiger partial charge on any atom is -0.360 e. The molecule has 5 nitrogen and oxygen atoms in total. The molecule has 0 radical (unpaired) electrons. The largest absolute Gasteiger partial charge is 0.360 e. The van der Waals surface area contributed by atoms with E-state index in [1.54, 1.807) is 29.7 Å². The number of halogens is 1. The molecule has 7 heteroatoms. The van der Waals surface area contributed by atoms with Gasteiger partial charge in [-0.2, -0.15) is 0 Å². The van der Waals surface area contributed by atoms with Crippen molar-refractivity contribution in [3.63, 3.8) is 0 Å². The van der Waals surface area contributed by atoms with Gasteiger partial charge in [-0.1, -0.05) is 71.0 Å². The number of thioether (sulfide) groups is 1. The normalized spacial score (nSPS) is 13.6. The predicted octanol–water partition coefficient (Wildman–Crippen LogP) is 5.36. The fourth-order valence-electron chi connectivity index (χ4n) is 3.25. The van der Waals surface area contributed by atoms with Gasteiger partial charge in [0.1, 0.15) is 17.0 Å². The second-order valence-corrected chi connectivity index (χ2v) is 8.13. The predicted molar refractivity (Wildman–Crippen MR) is 117 cm³/mol. The Bertz CT molecular complexity index is 1090. The molecule has 0 bridgehead atoms. The Balaban J connectivity index is 1.59. The minimum absolute atomic E-state index is 0.160. The first-order valence-corrected chi connectivity index (χ1v) is 10.7. The molecule has 0 saturated heterocycles. The Morgan fingerprint density at radius 2 is 1.93 bits per heavy atom. The van der Waals surface area contributed by atoms with Crippen LogP contribution in [0, 0.1) is 13.8 Å². The summed E-state index contributed by atoms with van der Waals surface area (Å²) in [5.41, 5.74) is 4.04. The molecule has 1 aliphatic heterocycles. The molecular weight excluding hydrogens is 406 g/mol. The fraction of sp³-hybridized carbons (Fsp3) is 0.227. The van der Waals surface area contributed by atoms with Crippen molar-refractivity contribution < 1.29 is 9.32 Å². The van der Waals surface area contributed by atoms with Gasteiger partial charge in [-0.3, -0.25) is 14.7 Å². The highest BCUT2D eigenvalue weighted by molar-refractivity contribution is 8.13. The summed E-state index contributed by atoms with van der Waals surface area (Å²) in [5, 5.41) is 5.37. The monoisotopic (exact) mass is 425 g/mol. The van der Waals surface area contributed by atoms with Gasteiger partial charge in [0.2, 0.25) is 0 Å². The van der Waals surface area contributed by atoms with Crippen LogP contribution in [-0.2, 0) is 5.75 Å². The van der Waals surface area contributed by atoms with E-state index < -0.39 is 0 Å². The van der Waals surface area contributed by atoms with E-state index in [2.05, 4.69) is 29.2 Å². The zero-order chi connectivity index (χ0) is 20.4. The molecule has 4 rings (SSSR count). The summed E-state index contributed by atoms with van der Waals surface area (Å²) in [6, 6.07) is 15.6. The van der Waals surface area contributed by atoms with E-state index in [0.717, 1.165) is 10.9 Å². The van der Waals surface area contributed by atoms with Gasteiger partial charge in [-0.05, 0) is 31.0 Å². The smallest absolute Gasteiger partial charge is 0.265 e. The molecule has 0 fully saturated rings. The van der Waals surface area contributed by atoms with E-state index in [0.29, 0.717) is 40.7 Å². The van der Waals surface area contributed by atoms with E-state index >= 15 is 0 Å². The molecule has 3 aromatic rings. The van der Waals surface area contributed by atoms with Crippen LogP contribution in [0.1, 0.15) is 27.2 Å². The Kier molecular flexibility index (Phi) is 5.74. The van der Waals surface area contributed by atoms with E-state index in [9.17, 15) is 4.79 Å². The molecule has 29 heavy (non-hydrogen) atoms. The Hall–Kier alpha value is -2.57. The van der Waals surface area contributed by atoms with Crippen molar-refractivity contribution in [3.05, 3.63) is 76.0 Å². The van der Waals surface area contributed by atoms with Crippen LogP contribution in [0.2, 0.25) is 5.02 Å². The lowest BCUT2D eigenvalue weighted by Crippen LogP contribution is -2.33. The molecule has 1 amide bonds. The number of hydrogen-bond donors (Lipinski definition) is 0. The van der Waals surface area contributed by atoms with Gasteiger partial charge >= 0.3 is 0 Å². The Labute approximate surface area is 178 Å². The Morgan fingerprint density at radius 3 is 2.72 bits per heavy atom. The maximum absolute atomic E-state index is 13.4. The number of carbonyl (C=O) groups is 1. The second-order valence-electron chi connectivity index (χ2n) is 6.78. The first-order chi connectivity index (χ1) is 14.1. The summed E-state index contributed by atoms with van der Waals surface area (Å²) in [5.74, 6) is 1.07. The van der Waals surface area contributed by atoms with Crippen LogP contribution in [0.5, 0.6) is 0 Å². The summed E-state index contributed by atoms with van der Waals surface area (Å²) >= 11 is 7.90. The van der Waals surface area contributed by atoms with Crippen molar-refractivity contribution in [2.24, 2.45) is 4.99 Å². The third kappa shape index (κ3) is 3.95. The standard InChI is InChI=1S/C22H20ClN3O2S/c1-14-7-3-4-8-16(14)13-29-22-24-11-12-26(22)21(27)19-15(2)28-25-20(19)17-9-5-6-10-18(17)23/h3-10H,11-13H2,1-2H3. The van der Waals surface area contributed by atoms with Gasteiger partial charge in [0.15, 0.2) is 5.17 Å². The molecule has 2 aromatic carbocycles. The number of amides is 1.